The third kappa shape index (κ3) is 4.39. The molecule has 1 aliphatic carbocycles. The molecule has 34 heavy (non-hydrogen) atoms. The molecule has 1 saturated carbocycles. The van der Waals surface area contributed by atoms with Crippen molar-refractivity contribution in [2.24, 2.45) is 11.1 Å². The van der Waals surface area contributed by atoms with Gasteiger partial charge in [-0.25, -0.2) is 9.37 Å². The average Bonchev–Trinajstić information content (AvgIpc) is 3.42. The number of carbonyl (C=O) groups is 3. The molecule has 3 N–H and O–H groups in total. The molecule has 182 valence electrons. The molecular weight excluding hydrogens is 465 g/mol. The fourth-order valence-corrected chi connectivity index (χ4v) is 5.37. The Bertz CT molecular complexity index is 1100. The van der Waals surface area contributed by atoms with E-state index in [2.05, 4.69) is 9.97 Å². The van der Waals surface area contributed by atoms with Gasteiger partial charge in [-0.2, -0.15) is 0 Å². The van der Waals surface area contributed by atoms with Crippen molar-refractivity contribution < 1.29 is 23.5 Å². The molecule has 0 bridgehead atoms. The molecule has 2 aliphatic rings. The summed E-state index contributed by atoms with van der Waals surface area (Å²) in [7, 11) is 1.55. The lowest BCUT2D eigenvalue weighted by atomic mass is 9.71. The molecule has 2 heterocycles. The van der Waals surface area contributed by atoms with Crippen LogP contribution in [0.15, 0.2) is 24.5 Å². The minimum atomic E-state index is -0.758. The largest absolute Gasteiger partial charge is 0.383 e. The maximum absolute atomic E-state index is 13.5. The van der Waals surface area contributed by atoms with Crippen LogP contribution in [0.2, 0.25) is 5.02 Å². The van der Waals surface area contributed by atoms with Gasteiger partial charge in [-0.3, -0.25) is 14.4 Å². The van der Waals surface area contributed by atoms with Crippen LogP contribution < -0.4 is 10.6 Å². The summed E-state index contributed by atoms with van der Waals surface area (Å²) in [5.41, 5.74) is 5.31. The summed E-state index contributed by atoms with van der Waals surface area (Å²) in [6.45, 7) is 1.15. The maximum atomic E-state index is 13.5. The molecule has 11 heteroatoms. The molecule has 1 spiro atoms. The van der Waals surface area contributed by atoms with E-state index in [0.29, 0.717) is 57.5 Å². The Morgan fingerprint density at radius 1 is 1.35 bits per heavy atom. The number of rotatable bonds is 7. The molecule has 2 aromatic rings. The highest BCUT2D eigenvalue weighted by atomic mass is 35.5. The van der Waals surface area contributed by atoms with Crippen molar-refractivity contribution in [3.05, 3.63) is 46.8 Å². The van der Waals surface area contributed by atoms with Gasteiger partial charge in [0.1, 0.15) is 11.5 Å². The molecule has 1 aliphatic heterocycles. The number of hydrogen-bond acceptors (Lipinski definition) is 5. The lowest BCUT2D eigenvalue weighted by Gasteiger charge is -2.40. The molecule has 0 unspecified atom stereocenters. The monoisotopic (exact) mass is 491 g/mol. The minimum Gasteiger partial charge on any atom is -0.383 e. The van der Waals surface area contributed by atoms with Gasteiger partial charge in [0.2, 0.25) is 5.91 Å². The smallest absolute Gasteiger partial charge is 0.275 e. The summed E-state index contributed by atoms with van der Waals surface area (Å²) in [6.07, 6.45) is 4.37. The molecule has 1 saturated heterocycles. The second-order valence-electron chi connectivity index (χ2n) is 8.80. The summed E-state index contributed by atoms with van der Waals surface area (Å²) in [4.78, 5) is 48.3. The number of H-pyrrole nitrogens is 1. The van der Waals surface area contributed by atoms with E-state index in [4.69, 9.17) is 22.1 Å². The first-order valence-electron chi connectivity index (χ1n) is 11.2. The van der Waals surface area contributed by atoms with Crippen LogP contribution >= 0.6 is 11.6 Å². The number of primary amides is 1. The summed E-state index contributed by atoms with van der Waals surface area (Å²) in [6, 6.07) is 3.90. The van der Waals surface area contributed by atoms with E-state index >= 15 is 0 Å². The van der Waals surface area contributed by atoms with Gasteiger partial charge < -0.3 is 25.3 Å². The fraction of sp³-hybridized carbons (Fsp3) is 0.478. The Labute approximate surface area is 201 Å². The van der Waals surface area contributed by atoms with Crippen LogP contribution in [0.25, 0.3) is 0 Å². The number of hydrogen-bond donors (Lipinski definition) is 2. The quantitative estimate of drug-likeness (QED) is 0.616. The van der Waals surface area contributed by atoms with Crippen LogP contribution in [0.1, 0.15) is 53.1 Å². The number of anilines is 1. The van der Waals surface area contributed by atoms with E-state index in [-0.39, 0.29) is 28.4 Å². The predicted molar refractivity (Wildman–Crippen MR) is 123 cm³/mol. The van der Waals surface area contributed by atoms with Gasteiger partial charge in [-0.1, -0.05) is 11.6 Å². The summed E-state index contributed by atoms with van der Waals surface area (Å²) < 4.78 is 18.6. The van der Waals surface area contributed by atoms with Crippen LogP contribution in [0.3, 0.4) is 0 Å². The van der Waals surface area contributed by atoms with Gasteiger partial charge in [0.05, 0.1) is 29.1 Å². The zero-order chi connectivity index (χ0) is 24.5. The average molecular weight is 492 g/mol. The summed E-state index contributed by atoms with van der Waals surface area (Å²) in [5, 5.41) is 0.208. The van der Waals surface area contributed by atoms with Crippen molar-refractivity contribution in [1.82, 2.24) is 14.9 Å². The second kappa shape index (κ2) is 9.71. The van der Waals surface area contributed by atoms with Gasteiger partial charge in [-0.05, 0) is 50.3 Å². The normalized spacial score (nSPS) is 22.4. The Hall–Kier alpha value is -2.98. The number of imidazole rings is 1. The molecule has 0 radical (unpaired) electrons. The number of nitrogens with one attached hydrogen (secondary N) is 1. The number of nitrogens with two attached hydrogens (primary N) is 1. The number of halogens is 2. The zero-order valence-corrected chi connectivity index (χ0v) is 19.6. The van der Waals surface area contributed by atoms with Gasteiger partial charge in [0, 0.05) is 26.2 Å². The third-order valence-electron chi connectivity index (χ3n) is 6.95. The van der Waals surface area contributed by atoms with Crippen LogP contribution in [-0.4, -0.2) is 65.4 Å². The summed E-state index contributed by atoms with van der Waals surface area (Å²) >= 11 is 6.20. The number of amides is 3. The predicted octanol–water partition coefficient (Wildman–Crippen LogP) is 2.76. The number of nitrogens with zero attached hydrogens (tertiary/aromatic N) is 3. The van der Waals surface area contributed by atoms with Gasteiger partial charge >= 0.3 is 0 Å². The van der Waals surface area contributed by atoms with E-state index in [9.17, 15) is 18.8 Å². The Balaban J connectivity index is 1.49. The van der Waals surface area contributed by atoms with E-state index in [0.717, 1.165) is 0 Å². The topological polar surface area (TPSA) is 122 Å². The van der Waals surface area contributed by atoms with Crippen molar-refractivity contribution in [3.63, 3.8) is 0 Å². The zero-order valence-electron chi connectivity index (χ0n) is 18.9. The Morgan fingerprint density at radius 3 is 2.74 bits per heavy atom. The van der Waals surface area contributed by atoms with Crippen molar-refractivity contribution in [2.45, 2.75) is 38.1 Å². The van der Waals surface area contributed by atoms with E-state index < -0.39 is 23.0 Å². The highest BCUT2D eigenvalue weighted by Gasteiger charge is 2.50. The second-order valence-corrected chi connectivity index (χ2v) is 9.20. The van der Waals surface area contributed by atoms with E-state index in [1.54, 1.807) is 16.9 Å². The fourth-order valence-electron chi connectivity index (χ4n) is 5.10. The first-order chi connectivity index (χ1) is 16.3. The van der Waals surface area contributed by atoms with Crippen LogP contribution in [0, 0.1) is 11.2 Å². The number of benzene rings is 1. The Kier molecular flexibility index (Phi) is 6.90. The highest BCUT2D eigenvalue weighted by molar-refractivity contribution is 6.34. The van der Waals surface area contributed by atoms with Gasteiger partial charge in [-0.15, -0.1) is 0 Å². The Morgan fingerprint density at radius 2 is 2.09 bits per heavy atom. The standard InChI is InChI=1S/C23H27ClFN5O4/c1-34-11-10-29(21(32)19-18(20(26)31)27-13-28-19)15-4-6-23(7-5-15)8-9-30(22(23)33)17-3-2-14(25)12-16(17)24/h2-3,12-13,15H,4-11H2,1H3,(H2,26,31)(H,27,28)/t15-,23-. The van der Waals surface area contributed by atoms with E-state index in [1.807, 2.05) is 0 Å². The molecule has 3 amide bonds. The molecule has 4 rings (SSSR count). The number of carbonyl (C=O) groups excluding carboxylic acids is 3. The molecule has 1 aromatic carbocycles. The molecule has 0 atom stereocenters. The van der Waals surface area contributed by atoms with Crippen LogP contribution in [0.5, 0.6) is 0 Å². The van der Waals surface area contributed by atoms with Crippen molar-refractivity contribution in [3.8, 4) is 0 Å². The molecule has 1 aromatic heterocycles. The first-order valence-corrected chi connectivity index (χ1v) is 11.6. The van der Waals surface area contributed by atoms with Crippen molar-refractivity contribution in [2.75, 3.05) is 31.7 Å². The maximum Gasteiger partial charge on any atom is 0.275 e. The lowest BCUT2D eigenvalue weighted by Crippen LogP contribution is -2.47. The van der Waals surface area contributed by atoms with Crippen molar-refractivity contribution >= 4 is 35.0 Å². The van der Waals surface area contributed by atoms with Crippen LogP contribution in [0.4, 0.5) is 10.1 Å². The number of ether oxygens (including phenoxy) is 1. The highest BCUT2D eigenvalue weighted by Crippen LogP contribution is 2.47. The molecule has 9 nitrogen and oxygen atoms in total. The van der Waals surface area contributed by atoms with Crippen LogP contribution in [-0.2, 0) is 9.53 Å². The molecular formula is C23H27ClFN5O4. The van der Waals surface area contributed by atoms with Crippen molar-refractivity contribution in [1.29, 1.82) is 0 Å². The minimum absolute atomic E-state index is 0.0158. The first kappa shape index (κ1) is 24.2. The third-order valence-corrected chi connectivity index (χ3v) is 7.25. The summed E-state index contributed by atoms with van der Waals surface area (Å²) in [5.74, 6) is -1.62. The number of aromatic amines is 1. The molecule has 2 fully saturated rings. The lowest BCUT2D eigenvalue weighted by molar-refractivity contribution is -0.127. The number of methoxy groups -OCH3 is 1. The number of aromatic nitrogens is 2. The SMILES string of the molecule is COCCN(C(=O)c1nc[nH]c1C(N)=O)[C@H]1CC[C@@]2(CCN(c3ccc(F)cc3Cl)C2=O)CC1. The van der Waals surface area contributed by atoms with E-state index in [1.165, 1.54) is 24.5 Å². The van der Waals surface area contributed by atoms with Gasteiger partial charge in [0.15, 0.2) is 5.69 Å². The van der Waals surface area contributed by atoms with Gasteiger partial charge in [0.25, 0.3) is 11.8 Å².